The molecule has 0 heterocycles. The van der Waals surface area contributed by atoms with Gasteiger partial charge >= 0.3 is 18.3 Å². The summed E-state index contributed by atoms with van der Waals surface area (Å²) in [4.78, 5) is 55.0. The van der Waals surface area contributed by atoms with Gasteiger partial charge in [0, 0.05) is 17.0 Å². The molecule has 0 aromatic heterocycles. The van der Waals surface area contributed by atoms with Gasteiger partial charge in [0.1, 0.15) is 6.29 Å². The molecule has 7 rings (SSSR count). The Labute approximate surface area is 449 Å². The zero-order chi connectivity index (χ0) is 55.9. The Bertz CT molecular complexity index is 2640. The Kier molecular flexibility index (Phi) is 26.0. The molecule has 0 radical (unpaired) electrons. The van der Waals surface area contributed by atoms with Crippen LogP contribution in [0.1, 0.15) is 169 Å². The van der Waals surface area contributed by atoms with Gasteiger partial charge in [0.05, 0.1) is 32.1 Å². The molecule has 0 spiro atoms. The standard InChI is InChI=1S/2C17H23NO2.2C14H18O.C2H5NO2/c2*1-5-20-17(19)18-16-12(4)9-14-7-6-13(8-11(2)3)10-15(14)16;1-9(2)6-11-4-5-12-7-10(3)14(15)13(12)8-11;1-11(2)8-13-4-6-14(7-5-13)9-12(3)10-15;1-5-2(3)4/h6-7,10-11H,5,8-9H2,1-4H3,(H,18,19);6-7,9-11,16H,5,8H2,1-4H3,(H,18,19);4-5,8-10H,6-7H2,1-3H3;4-7,9-11H,8H2,1-3H3;1H3,(H2,3,4)/b;;;12-9+;. The molecule has 406 valence electrons. The van der Waals surface area contributed by atoms with Crippen LogP contribution >= 0.6 is 0 Å². The lowest BCUT2D eigenvalue weighted by atomic mass is 9.97. The van der Waals surface area contributed by atoms with E-state index >= 15 is 0 Å². The third-order valence-electron chi connectivity index (χ3n) is 12.4. The third kappa shape index (κ3) is 21.2. The van der Waals surface area contributed by atoms with Gasteiger partial charge in [-0.25, -0.2) is 14.4 Å². The highest BCUT2D eigenvalue weighted by atomic mass is 16.6. The number of hydrogen-bond acceptors (Lipinski definition) is 8. The number of carbonyl (C=O) groups excluding carboxylic acids is 5. The number of aldehydes is 1. The van der Waals surface area contributed by atoms with Crippen LogP contribution in [0.15, 0.2) is 95.6 Å². The van der Waals surface area contributed by atoms with Gasteiger partial charge in [0.15, 0.2) is 5.78 Å². The van der Waals surface area contributed by atoms with Crippen molar-refractivity contribution >= 4 is 48.2 Å². The van der Waals surface area contributed by atoms with Crippen LogP contribution in [0.25, 0.3) is 17.8 Å². The van der Waals surface area contributed by atoms with E-state index in [0.717, 1.165) is 78.3 Å². The SMILES string of the molecule is C/C(C=O)=C\c1ccc(CC(C)C)cc1.CC(C)Cc1ccc2c(c1)C(=O)C(C)C2.CCOC(=O)NC1=C(C)Cc2ccc(CC(C)C)cc21.CCOC(=O)NC1C(C)=Cc2ccc(CC(C)C)cc21.COC(N)=O. The van der Waals surface area contributed by atoms with Gasteiger partial charge in [-0.05, 0) is 182 Å². The quantitative estimate of drug-likeness (QED) is 0.0638. The van der Waals surface area contributed by atoms with E-state index in [9.17, 15) is 24.0 Å². The molecule has 3 aliphatic rings. The summed E-state index contributed by atoms with van der Waals surface area (Å²) in [7, 11) is 1.22. The lowest BCUT2D eigenvalue weighted by molar-refractivity contribution is -0.104. The van der Waals surface area contributed by atoms with Crippen LogP contribution in [0.3, 0.4) is 0 Å². The van der Waals surface area contributed by atoms with Gasteiger partial charge in [-0.1, -0.05) is 135 Å². The van der Waals surface area contributed by atoms with E-state index in [1.54, 1.807) is 0 Å². The summed E-state index contributed by atoms with van der Waals surface area (Å²) in [6.45, 7) is 30.0. The minimum absolute atomic E-state index is 0.0591. The van der Waals surface area contributed by atoms with E-state index in [-0.39, 0.29) is 24.1 Å². The van der Waals surface area contributed by atoms with Gasteiger partial charge in [0.2, 0.25) is 0 Å². The molecule has 0 aliphatic heterocycles. The maximum absolute atomic E-state index is 11.8. The average molecular weight is 1030 g/mol. The molecule has 3 aliphatic carbocycles. The summed E-state index contributed by atoms with van der Waals surface area (Å²) in [6.07, 6.45) is 9.54. The number of rotatable bonds is 14. The fourth-order valence-electron chi connectivity index (χ4n) is 9.15. The maximum atomic E-state index is 11.8. The molecule has 11 heteroatoms. The monoisotopic (exact) mass is 1030 g/mol. The largest absolute Gasteiger partial charge is 0.453 e. The van der Waals surface area contributed by atoms with E-state index in [1.165, 1.54) is 57.2 Å². The Morgan fingerprint density at radius 3 is 1.69 bits per heavy atom. The van der Waals surface area contributed by atoms with Crippen molar-refractivity contribution in [2.45, 2.75) is 141 Å². The van der Waals surface area contributed by atoms with Gasteiger partial charge in [-0.2, -0.15) is 0 Å². The van der Waals surface area contributed by atoms with Crippen molar-refractivity contribution in [1.29, 1.82) is 0 Å². The fraction of sp³-hybridized carbons (Fsp3) is 0.453. The number of allylic oxidation sites excluding steroid dienone is 2. The van der Waals surface area contributed by atoms with Crippen LogP contribution in [-0.2, 0) is 57.5 Å². The molecule has 2 atom stereocenters. The number of Topliss-reactive ketones (excluding diaryl/α,β-unsaturated/α-hetero) is 1. The number of methoxy groups -OCH3 is 1. The number of hydrogen-bond donors (Lipinski definition) is 3. The Morgan fingerprint density at radius 1 is 0.693 bits per heavy atom. The Balaban J connectivity index is 0.000000257. The van der Waals surface area contributed by atoms with Crippen molar-refractivity contribution in [3.8, 4) is 0 Å². The zero-order valence-electron chi connectivity index (χ0n) is 47.7. The minimum Gasteiger partial charge on any atom is -0.453 e. The fourth-order valence-corrected chi connectivity index (χ4v) is 9.15. The van der Waals surface area contributed by atoms with Crippen molar-refractivity contribution in [3.05, 3.63) is 157 Å². The molecule has 0 bridgehead atoms. The minimum atomic E-state index is -0.745. The van der Waals surface area contributed by atoms with Crippen molar-refractivity contribution < 1.29 is 38.2 Å². The second-order valence-corrected chi connectivity index (χ2v) is 21.4. The van der Waals surface area contributed by atoms with Gasteiger partial charge in [-0.15, -0.1) is 0 Å². The first-order valence-corrected chi connectivity index (χ1v) is 26.7. The van der Waals surface area contributed by atoms with Crippen molar-refractivity contribution in [3.63, 3.8) is 0 Å². The Hall–Kier alpha value is -6.75. The zero-order valence-corrected chi connectivity index (χ0v) is 47.7. The number of ketones is 1. The number of primary amides is 1. The molecule has 3 amide bonds. The van der Waals surface area contributed by atoms with Crippen molar-refractivity contribution in [2.24, 2.45) is 35.3 Å². The van der Waals surface area contributed by atoms with Crippen LogP contribution < -0.4 is 16.4 Å². The number of amides is 3. The molecule has 4 aromatic carbocycles. The molecular formula is C64H87N3O8. The smallest absolute Gasteiger partial charge is 0.411 e. The predicted molar refractivity (Wildman–Crippen MR) is 306 cm³/mol. The number of nitrogens with two attached hydrogens (primary N) is 1. The summed E-state index contributed by atoms with van der Waals surface area (Å²) in [5.41, 5.74) is 21.8. The summed E-state index contributed by atoms with van der Waals surface area (Å²) in [5, 5.41) is 5.82. The second kappa shape index (κ2) is 31.2. The number of carbonyl (C=O) groups is 5. The predicted octanol–water partition coefficient (Wildman–Crippen LogP) is 14.5. The van der Waals surface area contributed by atoms with E-state index in [0.29, 0.717) is 42.7 Å². The van der Waals surface area contributed by atoms with Gasteiger partial charge in [0.25, 0.3) is 0 Å². The Morgan fingerprint density at radius 2 is 1.17 bits per heavy atom. The molecule has 0 saturated heterocycles. The summed E-state index contributed by atoms with van der Waals surface area (Å²) in [5.74, 6) is 3.10. The maximum Gasteiger partial charge on any atom is 0.411 e. The first-order chi connectivity index (χ1) is 35.5. The van der Waals surface area contributed by atoms with Gasteiger partial charge < -0.3 is 25.3 Å². The average Bonchev–Trinajstić information content (AvgIpc) is 3.93. The van der Waals surface area contributed by atoms with Crippen LogP contribution in [0.4, 0.5) is 14.4 Å². The number of fused-ring (bicyclic) bond motifs is 3. The van der Waals surface area contributed by atoms with Gasteiger partial charge in [-0.3, -0.25) is 14.9 Å². The number of ether oxygens (including phenoxy) is 3. The van der Waals surface area contributed by atoms with Crippen LogP contribution in [0.5, 0.6) is 0 Å². The van der Waals surface area contributed by atoms with Crippen LogP contribution in [0.2, 0.25) is 0 Å². The lowest BCUT2D eigenvalue weighted by Crippen LogP contribution is -2.28. The first-order valence-electron chi connectivity index (χ1n) is 26.7. The normalized spacial score (nSPS) is 14.9. The summed E-state index contributed by atoms with van der Waals surface area (Å²) >= 11 is 0. The number of benzene rings is 4. The molecule has 11 nitrogen and oxygen atoms in total. The highest BCUT2D eigenvalue weighted by Gasteiger charge is 2.27. The van der Waals surface area contributed by atoms with E-state index in [1.807, 2.05) is 40.7 Å². The second-order valence-electron chi connectivity index (χ2n) is 21.4. The molecule has 0 fully saturated rings. The highest BCUT2D eigenvalue weighted by Crippen LogP contribution is 2.36. The summed E-state index contributed by atoms with van der Waals surface area (Å²) < 4.78 is 13.9. The third-order valence-corrected chi connectivity index (χ3v) is 12.4. The van der Waals surface area contributed by atoms with E-state index < -0.39 is 6.09 Å². The van der Waals surface area contributed by atoms with Crippen LogP contribution in [0, 0.1) is 29.6 Å². The molecular weight excluding hydrogens is 939 g/mol. The molecule has 0 saturated carbocycles. The van der Waals surface area contributed by atoms with Crippen molar-refractivity contribution in [2.75, 3.05) is 20.3 Å². The molecule has 4 N–H and O–H groups in total. The van der Waals surface area contributed by atoms with Crippen LogP contribution in [-0.4, -0.2) is 50.7 Å². The van der Waals surface area contributed by atoms with E-state index in [2.05, 4.69) is 168 Å². The summed E-state index contributed by atoms with van der Waals surface area (Å²) in [6, 6.07) is 27.8. The molecule has 75 heavy (non-hydrogen) atoms. The molecule has 2 unspecified atom stereocenters. The number of alkyl carbamates (subject to hydrolysis) is 2. The molecule has 4 aromatic rings. The van der Waals surface area contributed by atoms with E-state index in [4.69, 9.17) is 9.47 Å². The number of nitrogens with one attached hydrogen (secondary N) is 2. The topological polar surface area (TPSA) is 163 Å². The first kappa shape index (κ1) is 62.5. The highest BCUT2D eigenvalue weighted by molar-refractivity contribution is 6.02. The lowest BCUT2D eigenvalue weighted by Gasteiger charge is -2.17. The van der Waals surface area contributed by atoms with Crippen molar-refractivity contribution in [1.82, 2.24) is 10.6 Å².